The Hall–Kier alpha value is -1.10. The Morgan fingerprint density at radius 1 is 0.720 bits per heavy atom. The number of carboxylic acid groups (broad SMARTS) is 2. The zero-order valence-electron chi connectivity index (χ0n) is 16.1. The van der Waals surface area contributed by atoms with Gasteiger partial charge in [-0.15, -0.1) is 0 Å². The van der Waals surface area contributed by atoms with Crippen LogP contribution >= 0.6 is 0 Å². The van der Waals surface area contributed by atoms with Gasteiger partial charge in [-0.1, -0.05) is 90.4 Å². The SMILES string of the molecule is CCCCCCCCCCCCCCCCN[C@@H](CC(=O)O)C(=O)O. The molecule has 0 unspecified atom stereocenters. The summed E-state index contributed by atoms with van der Waals surface area (Å²) >= 11 is 0. The first-order valence-corrected chi connectivity index (χ1v) is 10.3. The molecule has 0 saturated heterocycles. The molecule has 0 spiro atoms. The normalized spacial score (nSPS) is 12.2. The second kappa shape index (κ2) is 17.7. The van der Waals surface area contributed by atoms with Crippen LogP contribution in [0.5, 0.6) is 0 Å². The molecule has 0 rings (SSSR count). The van der Waals surface area contributed by atoms with E-state index in [9.17, 15) is 9.59 Å². The highest BCUT2D eigenvalue weighted by Crippen LogP contribution is 2.12. The van der Waals surface area contributed by atoms with Gasteiger partial charge in [-0.2, -0.15) is 0 Å². The van der Waals surface area contributed by atoms with E-state index in [2.05, 4.69) is 12.2 Å². The molecule has 0 aliphatic carbocycles. The largest absolute Gasteiger partial charge is 0.481 e. The number of rotatable bonds is 19. The fourth-order valence-corrected chi connectivity index (χ4v) is 3.02. The fraction of sp³-hybridized carbons (Fsp3) is 0.900. The molecule has 0 aromatic heterocycles. The van der Waals surface area contributed by atoms with E-state index in [1.54, 1.807) is 0 Å². The van der Waals surface area contributed by atoms with Gasteiger partial charge in [0.1, 0.15) is 6.04 Å². The molecule has 25 heavy (non-hydrogen) atoms. The number of unbranched alkanes of at least 4 members (excludes halogenated alkanes) is 13. The highest BCUT2D eigenvalue weighted by molar-refractivity contribution is 5.80. The predicted octanol–water partition coefficient (Wildman–Crippen LogP) is 4.99. The first-order valence-electron chi connectivity index (χ1n) is 10.3. The van der Waals surface area contributed by atoms with Crippen molar-refractivity contribution in [1.29, 1.82) is 0 Å². The van der Waals surface area contributed by atoms with Crippen molar-refractivity contribution in [2.75, 3.05) is 6.54 Å². The molecule has 5 nitrogen and oxygen atoms in total. The molecule has 0 fully saturated rings. The Kier molecular flexibility index (Phi) is 16.9. The van der Waals surface area contributed by atoms with Crippen LogP contribution in [0, 0.1) is 0 Å². The van der Waals surface area contributed by atoms with Crippen LogP contribution in [0.25, 0.3) is 0 Å². The maximum Gasteiger partial charge on any atom is 0.321 e. The standard InChI is InChI=1S/C20H39NO4/c1-2-3-4-5-6-7-8-9-10-11-12-13-14-15-16-21-18(20(24)25)17-19(22)23/h18,21H,2-17H2,1H3,(H,22,23)(H,24,25)/t18-/m0/s1. The van der Waals surface area contributed by atoms with Crippen LogP contribution in [-0.4, -0.2) is 34.7 Å². The number of carbonyl (C=O) groups is 2. The number of hydrogen-bond acceptors (Lipinski definition) is 3. The summed E-state index contributed by atoms with van der Waals surface area (Å²) in [5, 5.41) is 20.4. The molecular weight excluding hydrogens is 318 g/mol. The molecule has 0 aromatic carbocycles. The summed E-state index contributed by atoms with van der Waals surface area (Å²) in [5.74, 6) is -2.17. The highest BCUT2D eigenvalue weighted by Gasteiger charge is 2.19. The molecule has 0 aliphatic rings. The number of hydrogen-bond donors (Lipinski definition) is 3. The van der Waals surface area contributed by atoms with E-state index in [0.29, 0.717) is 6.54 Å². The molecule has 3 N–H and O–H groups in total. The summed E-state index contributed by atoms with van der Waals surface area (Å²) in [6, 6.07) is -0.973. The molecule has 5 heteroatoms. The van der Waals surface area contributed by atoms with Gasteiger partial charge in [-0.3, -0.25) is 9.59 Å². The summed E-state index contributed by atoms with van der Waals surface area (Å²) in [5.41, 5.74) is 0. The molecular formula is C20H39NO4. The third kappa shape index (κ3) is 17.5. The lowest BCUT2D eigenvalue weighted by Crippen LogP contribution is -2.39. The third-order valence-corrected chi connectivity index (χ3v) is 4.60. The maximum atomic E-state index is 10.9. The second-order valence-corrected chi connectivity index (χ2v) is 7.04. The minimum atomic E-state index is -1.09. The first kappa shape index (κ1) is 23.9. The monoisotopic (exact) mass is 357 g/mol. The average Bonchev–Trinajstić information content (AvgIpc) is 2.56. The van der Waals surface area contributed by atoms with Gasteiger partial charge in [-0.05, 0) is 13.0 Å². The maximum absolute atomic E-state index is 10.9. The molecule has 0 aromatic rings. The van der Waals surface area contributed by atoms with Crippen LogP contribution in [0.1, 0.15) is 103 Å². The highest BCUT2D eigenvalue weighted by atomic mass is 16.4. The van der Waals surface area contributed by atoms with Crippen LogP contribution in [0.2, 0.25) is 0 Å². The topological polar surface area (TPSA) is 86.6 Å². The van der Waals surface area contributed by atoms with Crippen LogP contribution in [0.4, 0.5) is 0 Å². The first-order chi connectivity index (χ1) is 12.1. The van der Waals surface area contributed by atoms with E-state index in [4.69, 9.17) is 10.2 Å². The molecule has 0 radical (unpaired) electrons. The Balaban J connectivity index is 3.28. The van der Waals surface area contributed by atoms with Crippen molar-refractivity contribution >= 4 is 11.9 Å². The lowest BCUT2D eigenvalue weighted by molar-refractivity contribution is -0.145. The van der Waals surface area contributed by atoms with Crippen LogP contribution in [-0.2, 0) is 9.59 Å². The average molecular weight is 358 g/mol. The number of carboxylic acids is 2. The van der Waals surface area contributed by atoms with Crippen molar-refractivity contribution in [2.45, 2.75) is 109 Å². The molecule has 148 valence electrons. The molecule has 0 aliphatic heterocycles. The van der Waals surface area contributed by atoms with Crippen LogP contribution in [0.15, 0.2) is 0 Å². The molecule has 1 atom stereocenters. The zero-order valence-corrected chi connectivity index (χ0v) is 16.1. The van der Waals surface area contributed by atoms with Crippen molar-refractivity contribution in [2.24, 2.45) is 0 Å². The lowest BCUT2D eigenvalue weighted by Gasteiger charge is -2.11. The van der Waals surface area contributed by atoms with Crippen molar-refractivity contribution in [1.82, 2.24) is 5.32 Å². The van der Waals surface area contributed by atoms with Gasteiger partial charge < -0.3 is 15.5 Å². The van der Waals surface area contributed by atoms with Gasteiger partial charge in [-0.25, -0.2) is 0 Å². The predicted molar refractivity (Wildman–Crippen MR) is 102 cm³/mol. The van der Waals surface area contributed by atoms with Crippen molar-refractivity contribution in [3.63, 3.8) is 0 Å². The van der Waals surface area contributed by atoms with Crippen LogP contribution in [0.3, 0.4) is 0 Å². The number of nitrogens with one attached hydrogen (secondary N) is 1. The van der Waals surface area contributed by atoms with Gasteiger partial charge in [0.15, 0.2) is 0 Å². The Morgan fingerprint density at radius 2 is 1.12 bits per heavy atom. The summed E-state index contributed by atoms with van der Waals surface area (Å²) in [4.78, 5) is 21.5. The lowest BCUT2D eigenvalue weighted by atomic mass is 10.0. The minimum absolute atomic E-state index is 0.367. The summed E-state index contributed by atoms with van der Waals surface area (Å²) in [6.07, 6.45) is 17.6. The van der Waals surface area contributed by atoms with E-state index < -0.39 is 18.0 Å². The summed E-state index contributed by atoms with van der Waals surface area (Å²) < 4.78 is 0. The Morgan fingerprint density at radius 3 is 1.48 bits per heavy atom. The Labute approximate surface area is 153 Å². The van der Waals surface area contributed by atoms with E-state index in [1.807, 2.05) is 0 Å². The molecule has 0 amide bonds. The van der Waals surface area contributed by atoms with Gasteiger partial charge >= 0.3 is 11.9 Å². The van der Waals surface area contributed by atoms with E-state index in [-0.39, 0.29) is 6.42 Å². The van der Waals surface area contributed by atoms with Crippen molar-refractivity contribution in [3.8, 4) is 0 Å². The van der Waals surface area contributed by atoms with Crippen molar-refractivity contribution < 1.29 is 19.8 Å². The third-order valence-electron chi connectivity index (χ3n) is 4.60. The van der Waals surface area contributed by atoms with Crippen LogP contribution < -0.4 is 5.32 Å². The molecule has 0 bridgehead atoms. The second-order valence-electron chi connectivity index (χ2n) is 7.04. The minimum Gasteiger partial charge on any atom is -0.481 e. The van der Waals surface area contributed by atoms with Gasteiger partial charge in [0.25, 0.3) is 0 Å². The van der Waals surface area contributed by atoms with Gasteiger partial charge in [0, 0.05) is 0 Å². The molecule has 0 saturated carbocycles. The molecule has 0 heterocycles. The zero-order chi connectivity index (χ0) is 18.8. The quantitative estimate of drug-likeness (QED) is 0.284. The fourth-order valence-electron chi connectivity index (χ4n) is 3.02. The van der Waals surface area contributed by atoms with E-state index in [0.717, 1.165) is 12.8 Å². The van der Waals surface area contributed by atoms with Gasteiger partial charge in [0.05, 0.1) is 6.42 Å². The Bertz CT molecular complexity index is 334. The van der Waals surface area contributed by atoms with Crippen molar-refractivity contribution in [3.05, 3.63) is 0 Å². The summed E-state index contributed by atoms with van der Waals surface area (Å²) in [7, 11) is 0. The smallest absolute Gasteiger partial charge is 0.321 e. The number of aliphatic carboxylic acids is 2. The summed E-state index contributed by atoms with van der Waals surface area (Å²) in [6.45, 7) is 2.82. The van der Waals surface area contributed by atoms with Gasteiger partial charge in [0.2, 0.25) is 0 Å². The van der Waals surface area contributed by atoms with E-state index in [1.165, 1.54) is 77.0 Å². The van der Waals surface area contributed by atoms with E-state index >= 15 is 0 Å².